The topological polar surface area (TPSA) is 58.2 Å². The van der Waals surface area contributed by atoms with Gasteiger partial charge in [0.1, 0.15) is 5.70 Å². The standard InChI is InChI=1S/C27H22N2O2S2/c1-19-13-15-20(16-14-19)26(30)29-24(18-22-10-7-17-32-22)27(31)28-23-11-5-6-12-25(23)33-21-8-3-2-4-9-21/h2-18H,1H3,(H,28,31)(H,29,30)/b24-18-. The lowest BCUT2D eigenvalue weighted by molar-refractivity contribution is -0.113. The Morgan fingerprint density at radius 2 is 1.58 bits per heavy atom. The normalized spacial score (nSPS) is 11.1. The quantitative estimate of drug-likeness (QED) is 0.299. The molecule has 3 aromatic carbocycles. The van der Waals surface area contributed by atoms with Crippen LogP contribution in [0.4, 0.5) is 5.69 Å². The van der Waals surface area contributed by atoms with Crippen LogP contribution in [-0.2, 0) is 4.79 Å². The van der Waals surface area contributed by atoms with Gasteiger partial charge in [0.2, 0.25) is 0 Å². The first-order valence-electron chi connectivity index (χ1n) is 10.3. The Labute approximate surface area is 201 Å². The summed E-state index contributed by atoms with van der Waals surface area (Å²) in [4.78, 5) is 28.9. The molecule has 0 unspecified atom stereocenters. The monoisotopic (exact) mass is 470 g/mol. The molecule has 0 atom stereocenters. The Bertz CT molecular complexity index is 1270. The number of anilines is 1. The second-order valence-electron chi connectivity index (χ2n) is 7.26. The van der Waals surface area contributed by atoms with Crippen LogP contribution in [0.3, 0.4) is 0 Å². The first-order valence-corrected chi connectivity index (χ1v) is 12.0. The van der Waals surface area contributed by atoms with Gasteiger partial charge in [0.15, 0.2) is 0 Å². The number of thiophene rings is 1. The van der Waals surface area contributed by atoms with Crippen LogP contribution in [0.5, 0.6) is 0 Å². The third-order valence-corrected chi connectivity index (χ3v) is 6.65. The van der Waals surface area contributed by atoms with Crippen molar-refractivity contribution < 1.29 is 9.59 Å². The fraction of sp³-hybridized carbons (Fsp3) is 0.0370. The van der Waals surface area contributed by atoms with Crippen molar-refractivity contribution in [3.05, 3.63) is 118 Å². The van der Waals surface area contributed by atoms with Crippen LogP contribution >= 0.6 is 23.1 Å². The van der Waals surface area contributed by atoms with Crippen LogP contribution in [0.15, 0.2) is 112 Å². The van der Waals surface area contributed by atoms with Crippen molar-refractivity contribution in [2.24, 2.45) is 0 Å². The molecule has 0 aliphatic rings. The average Bonchev–Trinajstić information content (AvgIpc) is 3.34. The van der Waals surface area contributed by atoms with Gasteiger partial charge in [0.25, 0.3) is 11.8 Å². The highest BCUT2D eigenvalue weighted by atomic mass is 32.2. The molecule has 0 radical (unpaired) electrons. The largest absolute Gasteiger partial charge is 0.320 e. The molecule has 33 heavy (non-hydrogen) atoms. The minimum Gasteiger partial charge on any atom is -0.320 e. The van der Waals surface area contributed by atoms with Gasteiger partial charge in [0, 0.05) is 20.2 Å². The van der Waals surface area contributed by atoms with Gasteiger partial charge in [0.05, 0.1) is 5.69 Å². The molecule has 4 rings (SSSR count). The number of nitrogens with one attached hydrogen (secondary N) is 2. The number of amides is 2. The zero-order chi connectivity index (χ0) is 23.0. The summed E-state index contributed by atoms with van der Waals surface area (Å²) in [5.41, 5.74) is 2.41. The van der Waals surface area contributed by atoms with Crippen LogP contribution in [0.2, 0.25) is 0 Å². The molecule has 2 N–H and O–H groups in total. The maximum Gasteiger partial charge on any atom is 0.272 e. The van der Waals surface area contributed by atoms with Crippen LogP contribution in [0.25, 0.3) is 6.08 Å². The molecule has 4 aromatic rings. The van der Waals surface area contributed by atoms with Crippen molar-refractivity contribution in [2.75, 3.05) is 5.32 Å². The molecule has 0 aliphatic carbocycles. The molecular formula is C27H22N2O2S2. The number of benzene rings is 3. The van der Waals surface area contributed by atoms with Gasteiger partial charge in [-0.3, -0.25) is 9.59 Å². The van der Waals surface area contributed by atoms with Crippen molar-refractivity contribution in [3.8, 4) is 0 Å². The average molecular weight is 471 g/mol. The highest BCUT2D eigenvalue weighted by Gasteiger charge is 2.17. The summed E-state index contributed by atoms with van der Waals surface area (Å²) in [5.74, 6) is -0.718. The van der Waals surface area contributed by atoms with Gasteiger partial charge in [-0.1, -0.05) is 65.9 Å². The van der Waals surface area contributed by atoms with Crippen molar-refractivity contribution in [3.63, 3.8) is 0 Å². The summed E-state index contributed by atoms with van der Waals surface area (Å²) >= 11 is 3.06. The van der Waals surface area contributed by atoms with E-state index in [2.05, 4.69) is 10.6 Å². The minimum absolute atomic E-state index is 0.183. The summed E-state index contributed by atoms with van der Waals surface area (Å²) < 4.78 is 0. The molecular weight excluding hydrogens is 448 g/mol. The Morgan fingerprint density at radius 1 is 0.848 bits per heavy atom. The molecule has 0 fully saturated rings. The van der Waals surface area contributed by atoms with Gasteiger partial charge in [-0.2, -0.15) is 0 Å². The lowest BCUT2D eigenvalue weighted by Gasteiger charge is -2.14. The maximum absolute atomic E-state index is 13.3. The molecule has 0 bridgehead atoms. The molecule has 1 heterocycles. The van der Waals surface area contributed by atoms with E-state index in [0.29, 0.717) is 11.3 Å². The Hall–Kier alpha value is -3.61. The number of para-hydroxylation sites is 1. The number of aryl methyl sites for hydroxylation is 1. The number of carbonyl (C=O) groups excluding carboxylic acids is 2. The fourth-order valence-corrected chi connectivity index (χ4v) is 4.62. The van der Waals surface area contributed by atoms with Crippen molar-refractivity contribution >= 4 is 46.7 Å². The van der Waals surface area contributed by atoms with Crippen LogP contribution < -0.4 is 10.6 Å². The Balaban J connectivity index is 1.57. The van der Waals surface area contributed by atoms with E-state index in [-0.39, 0.29) is 17.5 Å². The van der Waals surface area contributed by atoms with E-state index in [0.717, 1.165) is 20.2 Å². The van der Waals surface area contributed by atoms with Gasteiger partial charge in [-0.15, -0.1) is 11.3 Å². The summed E-state index contributed by atoms with van der Waals surface area (Å²) in [6.45, 7) is 1.96. The zero-order valence-corrected chi connectivity index (χ0v) is 19.6. The van der Waals surface area contributed by atoms with E-state index in [1.807, 2.05) is 91.2 Å². The minimum atomic E-state index is -0.384. The Morgan fingerprint density at radius 3 is 2.30 bits per heavy atom. The van der Waals surface area contributed by atoms with Gasteiger partial charge in [-0.25, -0.2) is 0 Å². The second-order valence-corrected chi connectivity index (χ2v) is 9.35. The van der Waals surface area contributed by atoms with Crippen LogP contribution in [0.1, 0.15) is 20.8 Å². The summed E-state index contributed by atoms with van der Waals surface area (Å²) in [6.07, 6.45) is 1.69. The fourth-order valence-electron chi connectivity index (χ4n) is 3.04. The summed E-state index contributed by atoms with van der Waals surface area (Å²) in [6, 6.07) is 28.6. The molecule has 0 saturated carbocycles. The van der Waals surface area contributed by atoms with Crippen LogP contribution in [-0.4, -0.2) is 11.8 Å². The highest BCUT2D eigenvalue weighted by Crippen LogP contribution is 2.33. The van der Waals surface area contributed by atoms with Crippen molar-refractivity contribution in [1.82, 2.24) is 5.32 Å². The summed E-state index contributed by atoms with van der Waals surface area (Å²) in [7, 11) is 0. The molecule has 2 amide bonds. The maximum atomic E-state index is 13.3. The summed E-state index contributed by atoms with van der Waals surface area (Å²) in [5, 5.41) is 7.69. The first kappa shape index (κ1) is 22.6. The SMILES string of the molecule is Cc1ccc(C(=O)N/C(=C\c2cccs2)C(=O)Nc2ccccc2Sc2ccccc2)cc1. The Kier molecular flexibility index (Phi) is 7.40. The van der Waals surface area contributed by atoms with E-state index < -0.39 is 0 Å². The molecule has 0 spiro atoms. The van der Waals surface area contributed by atoms with Gasteiger partial charge >= 0.3 is 0 Å². The third-order valence-electron chi connectivity index (χ3n) is 4.74. The van der Waals surface area contributed by atoms with Crippen molar-refractivity contribution in [2.45, 2.75) is 16.7 Å². The smallest absolute Gasteiger partial charge is 0.272 e. The van der Waals surface area contributed by atoms with Crippen molar-refractivity contribution in [1.29, 1.82) is 0 Å². The zero-order valence-electron chi connectivity index (χ0n) is 17.9. The molecule has 0 saturated heterocycles. The highest BCUT2D eigenvalue weighted by molar-refractivity contribution is 7.99. The van der Waals surface area contributed by atoms with Gasteiger partial charge < -0.3 is 10.6 Å². The van der Waals surface area contributed by atoms with E-state index in [1.165, 1.54) is 11.3 Å². The number of rotatable bonds is 7. The van der Waals surface area contributed by atoms with E-state index in [9.17, 15) is 9.59 Å². The third kappa shape index (κ3) is 6.22. The molecule has 4 nitrogen and oxygen atoms in total. The predicted molar refractivity (Wildman–Crippen MR) is 137 cm³/mol. The lowest BCUT2D eigenvalue weighted by Crippen LogP contribution is -2.30. The second kappa shape index (κ2) is 10.8. The molecule has 1 aromatic heterocycles. The molecule has 0 aliphatic heterocycles. The van der Waals surface area contributed by atoms with Crippen LogP contribution in [0, 0.1) is 6.92 Å². The number of carbonyl (C=O) groups is 2. The first-order chi connectivity index (χ1) is 16.1. The number of hydrogen-bond donors (Lipinski definition) is 2. The van der Waals surface area contributed by atoms with E-state index in [4.69, 9.17) is 0 Å². The molecule has 164 valence electrons. The predicted octanol–water partition coefficient (Wildman–Crippen LogP) is 6.62. The van der Waals surface area contributed by atoms with Gasteiger partial charge in [-0.05, 0) is 60.8 Å². The van der Waals surface area contributed by atoms with E-state index in [1.54, 1.807) is 30.0 Å². The van der Waals surface area contributed by atoms with E-state index >= 15 is 0 Å². The molecule has 6 heteroatoms. The number of hydrogen-bond acceptors (Lipinski definition) is 4. The lowest BCUT2D eigenvalue weighted by atomic mass is 10.1.